The highest BCUT2D eigenvalue weighted by Gasteiger charge is 2.15. The Kier molecular flexibility index (Phi) is 2.60. The molecule has 0 saturated heterocycles. The van der Waals surface area contributed by atoms with Gasteiger partial charge in [-0.1, -0.05) is 0 Å². The van der Waals surface area contributed by atoms with Gasteiger partial charge >= 0.3 is 5.69 Å². The van der Waals surface area contributed by atoms with Crippen molar-refractivity contribution in [2.45, 2.75) is 19.6 Å². The zero-order valence-electron chi connectivity index (χ0n) is 8.09. The molecule has 0 fully saturated rings. The van der Waals surface area contributed by atoms with Gasteiger partial charge in [0, 0.05) is 24.2 Å². The van der Waals surface area contributed by atoms with Crippen LogP contribution in [0.5, 0.6) is 0 Å². The van der Waals surface area contributed by atoms with Crippen molar-refractivity contribution in [3.05, 3.63) is 27.4 Å². The first-order valence-electron chi connectivity index (χ1n) is 4.64. The maximum Gasteiger partial charge on any atom is 0.345 e. The van der Waals surface area contributed by atoms with E-state index in [1.54, 1.807) is 0 Å². The van der Waals surface area contributed by atoms with Gasteiger partial charge in [-0.2, -0.15) is 4.98 Å². The fourth-order valence-electron chi connectivity index (χ4n) is 1.64. The molecule has 0 bridgehead atoms. The van der Waals surface area contributed by atoms with Crippen molar-refractivity contribution < 1.29 is 4.74 Å². The van der Waals surface area contributed by atoms with Crippen molar-refractivity contribution in [3.8, 4) is 0 Å². The van der Waals surface area contributed by atoms with Crippen molar-refractivity contribution in [3.63, 3.8) is 0 Å². The van der Waals surface area contributed by atoms with Gasteiger partial charge in [0.1, 0.15) is 0 Å². The number of ether oxygens (including phenoxy) is 1. The molecule has 5 nitrogen and oxygen atoms in total. The molecule has 1 aromatic rings. The van der Waals surface area contributed by atoms with Crippen molar-refractivity contribution in [1.82, 2.24) is 15.3 Å². The van der Waals surface area contributed by atoms with Gasteiger partial charge in [0.15, 0.2) is 0 Å². The summed E-state index contributed by atoms with van der Waals surface area (Å²) in [6.45, 7) is 1.83. The Morgan fingerprint density at radius 1 is 1.64 bits per heavy atom. The van der Waals surface area contributed by atoms with Crippen LogP contribution in [0.25, 0.3) is 0 Å². The van der Waals surface area contributed by atoms with E-state index in [-0.39, 0.29) is 5.69 Å². The predicted molar refractivity (Wildman–Crippen MR) is 51.0 cm³/mol. The third-order valence-corrected chi connectivity index (χ3v) is 2.29. The minimum atomic E-state index is -0.268. The Bertz CT molecular complexity index is 386. The summed E-state index contributed by atoms with van der Waals surface area (Å²) in [6, 6.07) is 0. The van der Waals surface area contributed by atoms with E-state index in [0.717, 1.165) is 23.4 Å². The summed E-state index contributed by atoms with van der Waals surface area (Å²) in [5.74, 6) is 0. The monoisotopic (exact) mass is 195 g/mol. The molecule has 0 unspecified atom stereocenters. The molecule has 2 heterocycles. The molecule has 0 aliphatic carbocycles. The van der Waals surface area contributed by atoms with Gasteiger partial charge in [-0.3, -0.25) is 0 Å². The van der Waals surface area contributed by atoms with Crippen LogP contribution in [0.4, 0.5) is 0 Å². The molecule has 1 aliphatic heterocycles. The van der Waals surface area contributed by atoms with Gasteiger partial charge < -0.3 is 15.0 Å². The van der Waals surface area contributed by atoms with Crippen molar-refractivity contribution in [2.24, 2.45) is 0 Å². The third-order valence-electron chi connectivity index (χ3n) is 2.29. The summed E-state index contributed by atoms with van der Waals surface area (Å²) < 4.78 is 5.33. The second-order valence-electron chi connectivity index (χ2n) is 3.28. The maximum atomic E-state index is 11.2. The first kappa shape index (κ1) is 9.36. The SMILES string of the molecule is CNCc1nc(=O)[nH]c2c1COCC2. The molecular weight excluding hydrogens is 182 g/mol. The number of hydrogen-bond acceptors (Lipinski definition) is 4. The minimum Gasteiger partial charge on any atom is -0.376 e. The van der Waals surface area contributed by atoms with Gasteiger partial charge in [-0.05, 0) is 7.05 Å². The fourth-order valence-corrected chi connectivity index (χ4v) is 1.64. The van der Waals surface area contributed by atoms with E-state index in [4.69, 9.17) is 4.74 Å². The Hall–Kier alpha value is -1.20. The number of H-pyrrole nitrogens is 1. The quantitative estimate of drug-likeness (QED) is 0.671. The highest BCUT2D eigenvalue weighted by Crippen LogP contribution is 2.15. The lowest BCUT2D eigenvalue weighted by Crippen LogP contribution is -2.25. The summed E-state index contributed by atoms with van der Waals surface area (Å²) in [5, 5.41) is 2.99. The van der Waals surface area contributed by atoms with Gasteiger partial charge in [-0.25, -0.2) is 4.79 Å². The fraction of sp³-hybridized carbons (Fsp3) is 0.556. The molecule has 2 rings (SSSR count). The Morgan fingerprint density at radius 3 is 3.29 bits per heavy atom. The van der Waals surface area contributed by atoms with Gasteiger partial charge in [0.2, 0.25) is 0 Å². The second kappa shape index (κ2) is 3.89. The van der Waals surface area contributed by atoms with E-state index in [9.17, 15) is 4.79 Å². The number of aromatic nitrogens is 2. The van der Waals surface area contributed by atoms with E-state index in [0.29, 0.717) is 19.8 Å². The second-order valence-corrected chi connectivity index (χ2v) is 3.28. The van der Waals surface area contributed by atoms with Crippen LogP contribution < -0.4 is 11.0 Å². The van der Waals surface area contributed by atoms with E-state index < -0.39 is 0 Å². The van der Waals surface area contributed by atoms with Crippen LogP contribution in [-0.4, -0.2) is 23.6 Å². The van der Waals surface area contributed by atoms with Crippen LogP contribution in [-0.2, 0) is 24.3 Å². The lowest BCUT2D eigenvalue weighted by atomic mass is 10.1. The Labute approximate surface area is 81.5 Å². The van der Waals surface area contributed by atoms with E-state index >= 15 is 0 Å². The topological polar surface area (TPSA) is 67.0 Å². The predicted octanol–water partition coefficient (Wildman–Crippen LogP) is -0.438. The van der Waals surface area contributed by atoms with Crippen LogP contribution in [0.3, 0.4) is 0 Å². The molecule has 0 aromatic carbocycles. The molecule has 0 saturated carbocycles. The highest BCUT2D eigenvalue weighted by molar-refractivity contribution is 5.25. The average Bonchev–Trinajstić information content (AvgIpc) is 2.18. The number of nitrogens with zero attached hydrogens (tertiary/aromatic N) is 1. The lowest BCUT2D eigenvalue weighted by molar-refractivity contribution is 0.107. The molecule has 0 radical (unpaired) electrons. The van der Waals surface area contributed by atoms with Crippen LogP contribution in [0, 0.1) is 0 Å². The minimum absolute atomic E-state index is 0.268. The zero-order chi connectivity index (χ0) is 9.97. The summed E-state index contributed by atoms with van der Waals surface area (Å²) in [5.41, 5.74) is 2.54. The molecule has 14 heavy (non-hydrogen) atoms. The first-order chi connectivity index (χ1) is 6.81. The average molecular weight is 195 g/mol. The number of nitrogens with one attached hydrogen (secondary N) is 2. The normalized spacial score (nSPS) is 15.2. The molecule has 76 valence electrons. The summed E-state index contributed by atoms with van der Waals surface area (Å²) in [4.78, 5) is 17.9. The number of rotatable bonds is 2. The smallest absolute Gasteiger partial charge is 0.345 e. The van der Waals surface area contributed by atoms with Gasteiger partial charge in [0.25, 0.3) is 0 Å². The third kappa shape index (κ3) is 1.69. The first-order valence-corrected chi connectivity index (χ1v) is 4.64. The number of aromatic amines is 1. The van der Waals surface area contributed by atoms with E-state index in [1.807, 2.05) is 7.05 Å². The zero-order valence-corrected chi connectivity index (χ0v) is 8.09. The van der Waals surface area contributed by atoms with Crippen LogP contribution >= 0.6 is 0 Å². The maximum absolute atomic E-state index is 11.2. The van der Waals surface area contributed by atoms with Crippen LogP contribution in [0.1, 0.15) is 17.0 Å². The van der Waals surface area contributed by atoms with Crippen molar-refractivity contribution >= 4 is 0 Å². The number of hydrogen-bond donors (Lipinski definition) is 2. The van der Waals surface area contributed by atoms with Crippen LogP contribution in [0.15, 0.2) is 4.79 Å². The molecule has 5 heteroatoms. The molecule has 1 aromatic heterocycles. The summed E-state index contributed by atoms with van der Waals surface area (Å²) >= 11 is 0. The number of fused-ring (bicyclic) bond motifs is 1. The van der Waals surface area contributed by atoms with Gasteiger partial charge in [-0.15, -0.1) is 0 Å². The van der Waals surface area contributed by atoms with Crippen LogP contribution in [0.2, 0.25) is 0 Å². The lowest BCUT2D eigenvalue weighted by Gasteiger charge is -2.18. The highest BCUT2D eigenvalue weighted by atomic mass is 16.5. The molecule has 0 atom stereocenters. The molecule has 0 spiro atoms. The standard InChI is InChI=1S/C9H13N3O2/c1-10-4-8-6-5-14-3-2-7(6)11-9(13)12-8/h10H,2-5H2,1H3,(H,11,12,13). The van der Waals surface area contributed by atoms with Crippen molar-refractivity contribution in [1.29, 1.82) is 0 Å². The Balaban J connectivity index is 2.47. The molecule has 2 N–H and O–H groups in total. The van der Waals surface area contributed by atoms with Gasteiger partial charge in [0.05, 0.1) is 18.9 Å². The van der Waals surface area contributed by atoms with E-state index in [1.165, 1.54) is 0 Å². The summed E-state index contributed by atoms with van der Waals surface area (Å²) in [6.07, 6.45) is 0.768. The molecule has 0 amide bonds. The summed E-state index contributed by atoms with van der Waals surface area (Å²) in [7, 11) is 1.83. The largest absolute Gasteiger partial charge is 0.376 e. The molecular formula is C9H13N3O2. The van der Waals surface area contributed by atoms with E-state index in [2.05, 4.69) is 15.3 Å². The molecule has 1 aliphatic rings. The van der Waals surface area contributed by atoms with Crippen molar-refractivity contribution in [2.75, 3.05) is 13.7 Å². The Morgan fingerprint density at radius 2 is 2.50 bits per heavy atom.